The number of aryl methyl sites for hydroxylation is 1. The summed E-state index contributed by atoms with van der Waals surface area (Å²) in [6, 6.07) is 20.0. The number of sulfonamides is 1. The summed E-state index contributed by atoms with van der Waals surface area (Å²) < 4.78 is 29.9. The van der Waals surface area contributed by atoms with E-state index in [1.807, 2.05) is 65.0 Å². The second kappa shape index (κ2) is 12.3. The van der Waals surface area contributed by atoms with Crippen LogP contribution in [0.1, 0.15) is 44.4 Å². The van der Waals surface area contributed by atoms with Crippen LogP contribution in [0.3, 0.4) is 0 Å². The summed E-state index contributed by atoms with van der Waals surface area (Å²) in [4.78, 5) is 28.7. The van der Waals surface area contributed by atoms with Crippen LogP contribution in [-0.2, 0) is 26.2 Å². The zero-order valence-corrected chi connectivity index (χ0v) is 25.6. The van der Waals surface area contributed by atoms with Crippen LogP contribution in [0.5, 0.6) is 0 Å². The number of carbonyl (C=O) groups is 2. The fourth-order valence-corrected chi connectivity index (χ4v) is 5.84. The molecule has 0 aliphatic carbocycles. The maximum absolute atomic E-state index is 14.0. The van der Waals surface area contributed by atoms with Gasteiger partial charge in [0.1, 0.15) is 12.6 Å². The second-order valence-electron chi connectivity index (χ2n) is 10.6. The Balaban J connectivity index is 2.06. The highest BCUT2D eigenvalue weighted by atomic mass is 79.9. The largest absolute Gasteiger partial charge is 0.350 e. The molecule has 0 aromatic heterocycles. The van der Waals surface area contributed by atoms with E-state index in [4.69, 9.17) is 0 Å². The summed E-state index contributed by atoms with van der Waals surface area (Å²) in [5, 5.41) is 2.93. The van der Waals surface area contributed by atoms with Gasteiger partial charge < -0.3 is 10.2 Å². The molecule has 0 saturated carbocycles. The minimum Gasteiger partial charge on any atom is -0.350 e. The molecule has 208 valence electrons. The number of carbonyl (C=O) groups excluding carboxylic acids is 2. The maximum atomic E-state index is 14.0. The summed E-state index contributed by atoms with van der Waals surface area (Å²) in [6.45, 7) is 10.7. The van der Waals surface area contributed by atoms with Gasteiger partial charge in [0.15, 0.2) is 0 Å². The molecule has 0 saturated heterocycles. The van der Waals surface area contributed by atoms with Crippen molar-refractivity contribution < 1.29 is 18.0 Å². The minimum atomic E-state index is -4.10. The number of hydrogen-bond acceptors (Lipinski definition) is 4. The van der Waals surface area contributed by atoms with Gasteiger partial charge in [0.05, 0.1) is 10.6 Å². The van der Waals surface area contributed by atoms with Crippen molar-refractivity contribution in [3.05, 3.63) is 94.0 Å². The molecule has 7 nitrogen and oxygen atoms in total. The van der Waals surface area contributed by atoms with Crippen LogP contribution in [0.15, 0.2) is 82.2 Å². The van der Waals surface area contributed by atoms with E-state index in [-0.39, 0.29) is 17.3 Å². The maximum Gasteiger partial charge on any atom is 0.264 e. The van der Waals surface area contributed by atoms with Gasteiger partial charge in [-0.25, -0.2) is 8.42 Å². The van der Waals surface area contributed by atoms with Crippen molar-refractivity contribution in [2.75, 3.05) is 10.8 Å². The summed E-state index contributed by atoms with van der Waals surface area (Å²) in [5.74, 6) is -0.813. The van der Waals surface area contributed by atoms with Crippen molar-refractivity contribution in [1.82, 2.24) is 10.2 Å². The Morgan fingerprint density at radius 1 is 0.923 bits per heavy atom. The predicted molar refractivity (Wildman–Crippen MR) is 159 cm³/mol. The van der Waals surface area contributed by atoms with Crippen molar-refractivity contribution in [1.29, 1.82) is 0 Å². The Kier molecular flexibility index (Phi) is 9.61. The number of anilines is 1. The molecule has 0 heterocycles. The van der Waals surface area contributed by atoms with Gasteiger partial charge in [0.2, 0.25) is 11.8 Å². The molecule has 2 amide bonds. The number of nitrogens with zero attached hydrogens (tertiary/aromatic N) is 2. The van der Waals surface area contributed by atoms with Crippen LogP contribution in [0, 0.1) is 13.8 Å². The van der Waals surface area contributed by atoms with Crippen LogP contribution in [0.4, 0.5) is 5.69 Å². The molecule has 0 spiro atoms. The molecule has 3 rings (SSSR count). The topological polar surface area (TPSA) is 86.8 Å². The van der Waals surface area contributed by atoms with Gasteiger partial charge in [-0.3, -0.25) is 13.9 Å². The van der Waals surface area contributed by atoms with E-state index in [2.05, 4.69) is 21.2 Å². The third-order valence-electron chi connectivity index (χ3n) is 6.39. The van der Waals surface area contributed by atoms with Gasteiger partial charge in [-0.05, 0) is 88.6 Å². The average molecular weight is 615 g/mol. The quantitative estimate of drug-likeness (QED) is 0.341. The number of hydrogen-bond donors (Lipinski definition) is 1. The second-order valence-corrected chi connectivity index (χ2v) is 13.4. The van der Waals surface area contributed by atoms with Gasteiger partial charge in [-0.15, -0.1) is 0 Å². The van der Waals surface area contributed by atoms with Gasteiger partial charge in [-0.1, -0.05) is 58.4 Å². The minimum absolute atomic E-state index is 0.0803. The molecular weight excluding hydrogens is 578 g/mol. The number of benzene rings is 3. The van der Waals surface area contributed by atoms with E-state index in [0.717, 1.165) is 25.5 Å². The lowest BCUT2D eigenvalue weighted by atomic mass is 10.1. The zero-order valence-electron chi connectivity index (χ0n) is 23.2. The third-order valence-corrected chi connectivity index (χ3v) is 8.69. The fraction of sp³-hybridized carbons (Fsp3) is 0.333. The molecule has 0 bridgehead atoms. The van der Waals surface area contributed by atoms with Crippen molar-refractivity contribution >= 4 is 43.5 Å². The summed E-state index contributed by atoms with van der Waals surface area (Å²) >= 11 is 3.42. The van der Waals surface area contributed by atoms with E-state index in [1.165, 1.54) is 17.0 Å². The van der Waals surface area contributed by atoms with Gasteiger partial charge in [0.25, 0.3) is 10.0 Å². The SMILES string of the molecule is Cc1cccc(N(CC(=O)N(Cc2ccc(Br)cc2)[C@H](C)C(=O)NC(C)(C)C)S(=O)(=O)c2ccccc2)c1C. The molecule has 1 atom stereocenters. The Bertz CT molecular complexity index is 1420. The number of halogens is 1. The lowest BCUT2D eigenvalue weighted by molar-refractivity contribution is -0.140. The molecule has 0 fully saturated rings. The monoisotopic (exact) mass is 613 g/mol. The molecular formula is C30H36BrN3O4S. The van der Waals surface area contributed by atoms with Crippen LogP contribution in [-0.4, -0.2) is 43.3 Å². The molecule has 9 heteroatoms. The first-order chi connectivity index (χ1) is 18.2. The van der Waals surface area contributed by atoms with Gasteiger partial charge in [-0.2, -0.15) is 0 Å². The zero-order chi connectivity index (χ0) is 29.0. The van der Waals surface area contributed by atoms with E-state index < -0.39 is 34.1 Å². The molecule has 39 heavy (non-hydrogen) atoms. The Labute approximate surface area is 240 Å². The Morgan fingerprint density at radius 3 is 2.13 bits per heavy atom. The normalized spacial score (nSPS) is 12.5. The van der Waals surface area contributed by atoms with E-state index in [9.17, 15) is 18.0 Å². The van der Waals surface area contributed by atoms with Crippen LogP contribution in [0.2, 0.25) is 0 Å². The summed E-state index contributed by atoms with van der Waals surface area (Å²) in [5.41, 5.74) is 2.38. The highest BCUT2D eigenvalue weighted by molar-refractivity contribution is 9.10. The first-order valence-electron chi connectivity index (χ1n) is 12.7. The summed E-state index contributed by atoms with van der Waals surface area (Å²) in [7, 11) is -4.10. The number of amides is 2. The standard InChI is InChI=1S/C30H36BrN3O4S/c1-21-11-10-14-27(22(21)2)34(39(37,38)26-12-8-7-9-13-26)20-28(35)33(19-24-15-17-25(31)18-16-24)23(3)29(36)32-30(4,5)6/h7-18,23H,19-20H2,1-6H3,(H,32,36)/t23-/m1/s1. The van der Waals surface area contributed by atoms with Crippen molar-refractivity contribution in [3.63, 3.8) is 0 Å². The molecule has 1 N–H and O–H groups in total. The lowest BCUT2D eigenvalue weighted by Crippen LogP contribution is -2.54. The van der Waals surface area contributed by atoms with Crippen LogP contribution < -0.4 is 9.62 Å². The van der Waals surface area contributed by atoms with Crippen molar-refractivity contribution in [2.45, 2.75) is 64.6 Å². The van der Waals surface area contributed by atoms with Gasteiger partial charge in [0, 0.05) is 16.6 Å². The van der Waals surface area contributed by atoms with Gasteiger partial charge >= 0.3 is 0 Å². The first-order valence-corrected chi connectivity index (χ1v) is 14.9. The molecule has 0 aliphatic rings. The molecule has 0 aliphatic heterocycles. The molecule has 3 aromatic carbocycles. The fourth-order valence-electron chi connectivity index (χ4n) is 4.08. The van der Waals surface area contributed by atoms with Crippen LogP contribution >= 0.6 is 15.9 Å². The highest BCUT2D eigenvalue weighted by Gasteiger charge is 2.34. The smallest absolute Gasteiger partial charge is 0.264 e. The lowest BCUT2D eigenvalue weighted by Gasteiger charge is -2.34. The predicted octanol–water partition coefficient (Wildman–Crippen LogP) is 5.59. The van der Waals surface area contributed by atoms with E-state index >= 15 is 0 Å². The van der Waals surface area contributed by atoms with Crippen molar-refractivity contribution in [3.8, 4) is 0 Å². The van der Waals surface area contributed by atoms with Crippen molar-refractivity contribution in [2.24, 2.45) is 0 Å². The molecule has 0 unspecified atom stereocenters. The highest BCUT2D eigenvalue weighted by Crippen LogP contribution is 2.29. The first kappa shape index (κ1) is 30.4. The molecule has 3 aromatic rings. The third kappa shape index (κ3) is 7.70. The average Bonchev–Trinajstić information content (AvgIpc) is 2.87. The Morgan fingerprint density at radius 2 is 1.54 bits per heavy atom. The Hall–Kier alpha value is -3.17. The number of nitrogens with one attached hydrogen (secondary N) is 1. The van der Waals surface area contributed by atoms with E-state index in [0.29, 0.717) is 5.69 Å². The summed E-state index contributed by atoms with van der Waals surface area (Å²) in [6.07, 6.45) is 0. The van der Waals surface area contributed by atoms with E-state index in [1.54, 1.807) is 37.3 Å². The number of rotatable bonds is 9. The van der Waals surface area contributed by atoms with Crippen LogP contribution in [0.25, 0.3) is 0 Å². The molecule has 0 radical (unpaired) electrons.